The molecule has 1 amide bonds. The van der Waals surface area contributed by atoms with E-state index in [4.69, 9.17) is 16.3 Å². The molecule has 0 bridgehead atoms. The van der Waals surface area contributed by atoms with Crippen LogP contribution in [-0.4, -0.2) is 34.2 Å². The molecule has 1 aromatic heterocycles. The van der Waals surface area contributed by atoms with E-state index in [2.05, 4.69) is 10.2 Å². The van der Waals surface area contributed by atoms with Gasteiger partial charge in [-0.25, -0.2) is 0 Å². The summed E-state index contributed by atoms with van der Waals surface area (Å²) in [6.07, 6.45) is 1.96. The smallest absolute Gasteiger partial charge is 0.223 e. The first-order valence-corrected chi connectivity index (χ1v) is 10.7. The molecule has 5 nitrogen and oxygen atoms in total. The van der Waals surface area contributed by atoms with Crippen molar-refractivity contribution in [3.05, 3.63) is 69.9 Å². The van der Waals surface area contributed by atoms with Crippen LogP contribution in [-0.2, 0) is 17.8 Å². The number of aromatic amines is 1. The van der Waals surface area contributed by atoms with Crippen molar-refractivity contribution in [2.24, 2.45) is 0 Å². The van der Waals surface area contributed by atoms with Crippen molar-refractivity contribution in [2.75, 3.05) is 13.2 Å². The van der Waals surface area contributed by atoms with Crippen molar-refractivity contribution in [3.63, 3.8) is 0 Å². The number of H-pyrrole nitrogens is 1. The third kappa shape index (κ3) is 4.36. The van der Waals surface area contributed by atoms with E-state index in [1.807, 2.05) is 61.2 Å². The van der Waals surface area contributed by atoms with Crippen LogP contribution in [0.15, 0.2) is 42.5 Å². The predicted octanol–water partition coefficient (Wildman–Crippen LogP) is 5.09. The molecule has 0 aliphatic carbocycles. The third-order valence-electron chi connectivity index (χ3n) is 5.57. The molecule has 30 heavy (non-hydrogen) atoms. The normalized spacial score (nSPS) is 13.2. The van der Waals surface area contributed by atoms with Crippen molar-refractivity contribution >= 4 is 17.5 Å². The second-order valence-corrected chi connectivity index (χ2v) is 8.21. The Balaban J connectivity index is 1.35. The second kappa shape index (κ2) is 8.92. The van der Waals surface area contributed by atoms with Crippen LogP contribution >= 0.6 is 11.6 Å². The molecule has 1 aliphatic rings. The lowest BCUT2D eigenvalue weighted by molar-refractivity contribution is -0.132. The fourth-order valence-electron chi connectivity index (χ4n) is 3.97. The fourth-order valence-corrected chi connectivity index (χ4v) is 4.16. The van der Waals surface area contributed by atoms with Gasteiger partial charge in [0.2, 0.25) is 5.91 Å². The Morgan fingerprint density at radius 1 is 1.20 bits per heavy atom. The van der Waals surface area contributed by atoms with Crippen molar-refractivity contribution in [2.45, 2.75) is 39.7 Å². The number of carbonyl (C=O) groups is 1. The minimum absolute atomic E-state index is 0.156. The van der Waals surface area contributed by atoms with Gasteiger partial charge < -0.3 is 9.64 Å². The van der Waals surface area contributed by atoms with Crippen molar-refractivity contribution in [3.8, 4) is 17.0 Å². The van der Waals surface area contributed by atoms with Crippen LogP contribution in [0.4, 0.5) is 0 Å². The summed E-state index contributed by atoms with van der Waals surface area (Å²) in [4.78, 5) is 14.7. The number of halogens is 1. The molecule has 2 heterocycles. The topological polar surface area (TPSA) is 58.2 Å². The van der Waals surface area contributed by atoms with Crippen molar-refractivity contribution < 1.29 is 9.53 Å². The first kappa shape index (κ1) is 20.5. The van der Waals surface area contributed by atoms with Gasteiger partial charge in [0.25, 0.3) is 0 Å². The fraction of sp³-hybridized carbons (Fsp3) is 0.333. The Kier molecular flexibility index (Phi) is 6.09. The minimum Gasteiger partial charge on any atom is -0.493 e. The first-order valence-electron chi connectivity index (χ1n) is 10.3. The van der Waals surface area contributed by atoms with Gasteiger partial charge in [-0.3, -0.25) is 9.89 Å². The predicted molar refractivity (Wildman–Crippen MR) is 119 cm³/mol. The monoisotopic (exact) mass is 423 g/mol. The quantitative estimate of drug-likeness (QED) is 0.562. The van der Waals surface area contributed by atoms with E-state index in [0.29, 0.717) is 37.6 Å². The third-order valence-corrected chi connectivity index (χ3v) is 5.81. The molecule has 0 spiro atoms. The summed E-state index contributed by atoms with van der Waals surface area (Å²) in [5.41, 5.74) is 6.28. The molecule has 0 saturated heterocycles. The summed E-state index contributed by atoms with van der Waals surface area (Å²) < 4.78 is 5.94. The highest BCUT2D eigenvalue weighted by atomic mass is 35.5. The van der Waals surface area contributed by atoms with Gasteiger partial charge in [-0.2, -0.15) is 5.10 Å². The Labute approximate surface area is 182 Å². The molecular weight excluding hydrogens is 398 g/mol. The van der Waals surface area contributed by atoms with Gasteiger partial charge >= 0.3 is 0 Å². The van der Waals surface area contributed by atoms with Gasteiger partial charge in [-0.15, -0.1) is 0 Å². The van der Waals surface area contributed by atoms with Crippen LogP contribution in [0.2, 0.25) is 5.02 Å². The van der Waals surface area contributed by atoms with Gasteiger partial charge in [-0.05, 0) is 43.5 Å². The number of ether oxygens (including phenoxy) is 1. The number of nitrogens with one attached hydrogen (secondary N) is 1. The number of para-hydroxylation sites is 1. The van der Waals surface area contributed by atoms with Crippen LogP contribution in [0.3, 0.4) is 0 Å². The lowest BCUT2D eigenvalue weighted by Crippen LogP contribution is -2.36. The number of amides is 1. The number of rotatable bonds is 6. The zero-order valence-corrected chi connectivity index (χ0v) is 18.1. The number of fused-ring (bicyclic) bond motifs is 1. The van der Waals surface area contributed by atoms with Crippen molar-refractivity contribution in [1.82, 2.24) is 15.1 Å². The summed E-state index contributed by atoms with van der Waals surface area (Å²) in [6, 6.07) is 13.8. The molecule has 0 fully saturated rings. The zero-order chi connectivity index (χ0) is 21.1. The molecule has 1 aliphatic heterocycles. The molecule has 1 N–H and O–H groups in total. The lowest BCUT2D eigenvalue weighted by Gasteiger charge is -2.27. The summed E-state index contributed by atoms with van der Waals surface area (Å²) >= 11 is 6.14. The maximum Gasteiger partial charge on any atom is 0.223 e. The zero-order valence-electron chi connectivity index (χ0n) is 17.4. The Hall–Kier alpha value is -2.79. The molecule has 6 heteroatoms. The lowest BCUT2D eigenvalue weighted by atomic mass is 10.0. The number of carbonyl (C=O) groups excluding carboxylic acids is 1. The molecule has 0 atom stereocenters. The van der Waals surface area contributed by atoms with Crippen LogP contribution in [0.5, 0.6) is 5.75 Å². The molecule has 0 radical (unpaired) electrons. The average molecular weight is 424 g/mol. The average Bonchev–Trinajstić information content (AvgIpc) is 3.16. The molecule has 4 rings (SSSR count). The van der Waals surface area contributed by atoms with E-state index in [1.165, 1.54) is 0 Å². The highest BCUT2D eigenvalue weighted by Gasteiger charge is 2.25. The van der Waals surface area contributed by atoms with Gasteiger partial charge in [0.1, 0.15) is 5.75 Å². The van der Waals surface area contributed by atoms with Gasteiger partial charge in [0, 0.05) is 47.8 Å². The molecule has 0 unspecified atom stereocenters. The van der Waals surface area contributed by atoms with Gasteiger partial charge in [0.05, 0.1) is 12.3 Å². The van der Waals surface area contributed by atoms with E-state index in [0.717, 1.165) is 45.8 Å². The molecule has 156 valence electrons. The Morgan fingerprint density at radius 3 is 2.73 bits per heavy atom. The minimum atomic E-state index is 0.156. The number of nitrogens with zero attached hydrogens (tertiary/aromatic N) is 2. The standard InChI is InChI=1S/C24H26ClN3O2/c1-16-6-3-7-17(2)24(16)30-13-5-10-22(29)28-12-11-21-20(15-28)23(27-26-21)18-8-4-9-19(25)14-18/h3-4,6-9,14H,5,10-13,15H2,1-2H3,(H,26,27). The van der Waals surface area contributed by atoms with Crippen LogP contribution in [0, 0.1) is 13.8 Å². The van der Waals surface area contributed by atoms with E-state index in [1.54, 1.807) is 0 Å². The SMILES string of the molecule is Cc1cccc(C)c1OCCCC(=O)N1CCc2[nH]nc(-c3cccc(Cl)c3)c2C1. The van der Waals surface area contributed by atoms with Crippen LogP contribution < -0.4 is 4.74 Å². The Bertz CT molecular complexity index is 1040. The maximum absolute atomic E-state index is 12.8. The summed E-state index contributed by atoms with van der Waals surface area (Å²) in [6.45, 7) is 5.91. The first-order chi connectivity index (χ1) is 14.5. The number of hydrogen-bond acceptors (Lipinski definition) is 3. The Morgan fingerprint density at radius 2 is 1.97 bits per heavy atom. The highest BCUT2D eigenvalue weighted by Crippen LogP contribution is 2.30. The number of aryl methyl sites for hydroxylation is 2. The van der Waals surface area contributed by atoms with Gasteiger partial charge in [-0.1, -0.05) is 41.9 Å². The number of hydrogen-bond donors (Lipinski definition) is 1. The van der Waals surface area contributed by atoms with E-state index >= 15 is 0 Å². The van der Waals surface area contributed by atoms with Crippen LogP contribution in [0.25, 0.3) is 11.3 Å². The van der Waals surface area contributed by atoms with Gasteiger partial charge in [0.15, 0.2) is 0 Å². The van der Waals surface area contributed by atoms with E-state index in [-0.39, 0.29) is 5.91 Å². The number of aromatic nitrogens is 2. The van der Waals surface area contributed by atoms with Crippen LogP contribution in [0.1, 0.15) is 35.2 Å². The van der Waals surface area contributed by atoms with E-state index in [9.17, 15) is 4.79 Å². The number of benzene rings is 2. The molecule has 0 saturated carbocycles. The van der Waals surface area contributed by atoms with Crippen molar-refractivity contribution in [1.29, 1.82) is 0 Å². The maximum atomic E-state index is 12.8. The summed E-state index contributed by atoms with van der Waals surface area (Å²) in [5.74, 6) is 1.08. The summed E-state index contributed by atoms with van der Waals surface area (Å²) in [5, 5.41) is 8.30. The molecule has 2 aromatic carbocycles. The highest BCUT2D eigenvalue weighted by molar-refractivity contribution is 6.30. The molecule has 3 aromatic rings. The summed E-state index contributed by atoms with van der Waals surface area (Å²) in [7, 11) is 0. The largest absolute Gasteiger partial charge is 0.493 e. The molecular formula is C24H26ClN3O2. The van der Waals surface area contributed by atoms with E-state index < -0.39 is 0 Å². The second-order valence-electron chi connectivity index (χ2n) is 7.78.